The first-order chi connectivity index (χ1) is 16.2. The minimum atomic E-state index is -0.885. The van der Waals surface area contributed by atoms with E-state index >= 15 is 0 Å². The zero-order valence-corrected chi connectivity index (χ0v) is 22.1. The molecule has 2 aromatic heterocycles. The highest BCUT2D eigenvalue weighted by atomic mass is 32.1. The number of nitrogens with two attached hydrogens (primary N) is 2. The van der Waals surface area contributed by atoms with Gasteiger partial charge in [0.15, 0.2) is 10.3 Å². The Labute approximate surface area is 208 Å². The van der Waals surface area contributed by atoms with Crippen molar-refractivity contribution in [1.29, 1.82) is 0 Å². The molecule has 0 atom stereocenters. The molecule has 0 aliphatic rings. The fourth-order valence-electron chi connectivity index (χ4n) is 4.39. The van der Waals surface area contributed by atoms with E-state index in [-0.39, 0.29) is 11.8 Å². The molecule has 2 heterocycles. The maximum absolute atomic E-state index is 12.9. The van der Waals surface area contributed by atoms with Gasteiger partial charge in [-0.3, -0.25) is 9.59 Å². The molecule has 8 nitrogen and oxygen atoms in total. The Kier molecular flexibility index (Phi) is 8.62. The van der Waals surface area contributed by atoms with Gasteiger partial charge in [0.05, 0.1) is 31.5 Å². The maximum atomic E-state index is 12.9. The molecule has 3 rings (SSSR count). The molecule has 0 aliphatic heterocycles. The quantitative estimate of drug-likeness (QED) is 0.261. The number of hydrogen-bond acceptors (Lipinski definition) is 8. The Balaban J connectivity index is 1.80. The molecule has 0 saturated heterocycles. The minimum Gasteiger partial charge on any atom is -0.317 e. The number of amides is 2. The van der Waals surface area contributed by atoms with Crippen LogP contribution >= 0.6 is 22.7 Å². The zero-order valence-electron chi connectivity index (χ0n) is 20.5. The molecule has 0 saturated carbocycles. The van der Waals surface area contributed by atoms with E-state index in [9.17, 15) is 9.59 Å². The molecule has 0 spiro atoms. The molecule has 0 bridgehead atoms. The number of benzene rings is 1. The van der Waals surface area contributed by atoms with Crippen LogP contribution in [0.1, 0.15) is 79.1 Å². The van der Waals surface area contributed by atoms with E-state index < -0.39 is 11.1 Å². The number of aromatic nitrogens is 2. The van der Waals surface area contributed by atoms with E-state index in [0.29, 0.717) is 35.9 Å². The number of anilines is 2. The van der Waals surface area contributed by atoms with E-state index in [1.807, 2.05) is 39.8 Å². The summed E-state index contributed by atoms with van der Waals surface area (Å²) in [6, 6.07) is 3.87. The highest BCUT2D eigenvalue weighted by molar-refractivity contribution is 7.24. The summed E-state index contributed by atoms with van der Waals surface area (Å²) in [6.07, 6.45) is 5.89. The Morgan fingerprint density at radius 1 is 0.735 bits per heavy atom. The fraction of sp³-hybridized carbons (Fsp3) is 0.583. The van der Waals surface area contributed by atoms with Crippen molar-refractivity contribution in [1.82, 2.24) is 9.97 Å². The van der Waals surface area contributed by atoms with Crippen molar-refractivity contribution in [2.75, 3.05) is 10.6 Å². The van der Waals surface area contributed by atoms with E-state index in [0.717, 1.165) is 46.1 Å². The van der Waals surface area contributed by atoms with Crippen molar-refractivity contribution < 1.29 is 9.59 Å². The molecule has 2 amide bonds. The van der Waals surface area contributed by atoms with Gasteiger partial charge in [0.2, 0.25) is 11.8 Å². The predicted octanol–water partition coefficient (Wildman–Crippen LogP) is 5.38. The number of rotatable bonds is 12. The monoisotopic (exact) mass is 504 g/mol. The summed E-state index contributed by atoms with van der Waals surface area (Å²) in [7, 11) is 0. The smallest absolute Gasteiger partial charge is 0.246 e. The molecule has 0 radical (unpaired) electrons. The van der Waals surface area contributed by atoms with Crippen molar-refractivity contribution in [3.8, 4) is 0 Å². The van der Waals surface area contributed by atoms with E-state index in [1.165, 1.54) is 22.7 Å². The predicted molar refractivity (Wildman–Crippen MR) is 144 cm³/mol. The highest BCUT2D eigenvalue weighted by Gasteiger charge is 2.33. The lowest BCUT2D eigenvalue weighted by Crippen LogP contribution is -2.51. The van der Waals surface area contributed by atoms with Gasteiger partial charge in [0.1, 0.15) is 0 Å². The molecular weight excluding hydrogens is 468 g/mol. The van der Waals surface area contributed by atoms with Crippen molar-refractivity contribution in [2.24, 2.45) is 11.5 Å². The third-order valence-electron chi connectivity index (χ3n) is 6.03. The number of nitrogens with one attached hydrogen (secondary N) is 2. The van der Waals surface area contributed by atoms with E-state index in [4.69, 9.17) is 11.5 Å². The molecule has 6 N–H and O–H groups in total. The van der Waals surface area contributed by atoms with Crippen molar-refractivity contribution >= 4 is 65.2 Å². The van der Waals surface area contributed by atoms with Crippen LogP contribution in [0.15, 0.2) is 12.1 Å². The lowest BCUT2D eigenvalue weighted by molar-refractivity contribution is -0.122. The van der Waals surface area contributed by atoms with Crippen molar-refractivity contribution in [3.63, 3.8) is 0 Å². The number of thiazole rings is 2. The molecule has 186 valence electrons. The molecule has 0 aliphatic carbocycles. The van der Waals surface area contributed by atoms with Gasteiger partial charge in [-0.1, -0.05) is 76.1 Å². The van der Waals surface area contributed by atoms with Crippen LogP contribution < -0.4 is 22.1 Å². The lowest BCUT2D eigenvalue weighted by atomic mass is 9.89. The van der Waals surface area contributed by atoms with Crippen LogP contribution in [0.3, 0.4) is 0 Å². The average molecular weight is 505 g/mol. The molecule has 1 aromatic carbocycles. The first kappa shape index (κ1) is 26.5. The largest absolute Gasteiger partial charge is 0.317 e. The standard InChI is InChI=1S/C24H36N6O2S2/c1-5-9-23(25,10-6-2)19(31)29-21-27-15-13-16-18(14-17(15)33-21)34-22(28-16)30-20(32)24(26,11-7-3)12-8-4/h13-14H,5-12,25-26H2,1-4H3,(H,27,29,31)(H,28,30,32). The Hall–Kier alpha value is -2.14. The topological polar surface area (TPSA) is 136 Å². The number of hydrogen-bond donors (Lipinski definition) is 4. The summed E-state index contributed by atoms with van der Waals surface area (Å²) < 4.78 is 1.87. The van der Waals surface area contributed by atoms with Gasteiger partial charge in [0.25, 0.3) is 0 Å². The molecular formula is C24H36N6O2S2. The summed E-state index contributed by atoms with van der Waals surface area (Å²) in [6.45, 7) is 8.11. The second-order valence-corrected chi connectivity index (χ2v) is 11.1. The van der Waals surface area contributed by atoms with Gasteiger partial charge in [-0.15, -0.1) is 0 Å². The molecule has 10 heteroatoms. The average Bonchev–Trinajstić information content (AvgIpc) is 3.34. The van der Waals surface area contributed by atoms with Gasteiger partial charge in [0, 0.05) is 0 Å². The molecule has 0 fully saturated rings. The number of carbonyl (C=O) groups is 2. The first-order valence-corrected chi connectivity index (χ1v) is 13.7. The van der Waals surface area contributed by atoms with Crippen molar-refractivity contribution in [2.45, 2.75) is 90.1 Å². The summed E-state index contributed by atoms with van der Waals surface area (Å²) in [4.78, 5) is 34.9. The van der Waals surface area contributed by atoms with Crippen LogP contribution in [0.4, 0.5) is 10.3 Å². The summed E-state index contributed by atoms with van der Waals surface area (Å²) in [5, 5.41) is 6.90. The molecule has 3 aromatic rings. The van der Waals surface area contributed by atoms with E-state index in [1.54, 1.807) is 0 Å². The van der Waals surface area contributed by atoms with Gasteiger partial charge in [-0.2, -0.15) is 0 Å². The fourth-order valence-corrected chi connectivity index (χ4v) is 6.23. The minimum absolute atomic E-state index is 0.190. The van der Waals surface area contributed by atoms with Gasteiger partial charge < -0.3 is 22.1 Å². The van der Waals surface area contributed by atoms with E-state index in [2.05, 4.69) is 20.6 Å². The molecule has 34 heavy (non-hydrogen) atoms. The molecule has 0 unspecified atom stereocenters. The van der Waals surface area contributed by atoms with Crippen LogP contribution in [-0.2, 0) is 9.59 Å². The zero-order chi connectivity index (χ0) is 24.9. The van der Waals surface area contributed by atoms with Crippen LogP contribution in [0.2, 0.25) is 0 Å². The number of nitrogens with zero attached hydrogens (tertiary/aromatic N) is 2. The normalized spacial score (nSPS) is 12.4. The number of fused-ring (bicyclic) bond motifs is 2. The summed E-state index contributed by atoms with van der Waals surface area (Å²) in [5.41, 5.74) is 12.5. The highest BCUT2D eigenvalue weighted by Crippen LogP contribution is 2.35. The second kappa shape index (κ2) is 11.1. The van der Waals surface area contributed by atoms with Crippen LogP contribution in [-0.4, -0.2) is 32.9 Å². The summed E-state index contributed by atoms with van der Waals surface area (Å²) in [5.74, 6) is -0.380. The SMILES string of the molecule is CCCC(N)(CCC)C(=O)Nc1nc2cc3nc(NC(=O)C(N)(CCC)CCC)sc3cc2s1. The van der Waals surface area contributed by atoms with Crippen molar-refractivity contribution in [3.05, 3.63) is 12.1 Å². The number of carbonyl (C=O) groups excluding carboxylic acids is 2. The van der Waals surface area contributed by atoms with Gasteiger partial charge >= 0.3 is 0 Å². The maximum Gasteiger partial charge on any atom is 0.246 e. The lowest BCUT2D eigenvalue weighted by Gasteiger charge is -2.26. The summed E-state index contributed by atoms with van der Waals surface area (Å²) >= 11 is 2.81. The van der Waals surface area contributed by atoms with Gasteiger partial charge in [-0.25, -0.2) is 9.97 Å². The second-order valence-electron chi connectivity index (χ2n) is 9.05. The Bertz CT molecular complexity index is 1010. The Morgan fingerprint density at radius 3 is 1.41 bits per heavy atom. The van der Waals surface area contributed by atoms with Crippen LogP contribution in [0.5, 0.6) is 0 Å². The van der Waals surface area contributed by atoms with Gasteiger partial charge in [-0.05, 0) is 37.8 Å². The van der Waals surface area contributed by atoms with Crippen LogP contribution in [0.25, 0.3) is 20.4 Å². The first-order valence-electron chi connectivity index (χ1n) is 12.1. The van der Waals surface area contributed by atoms with Crippen LogP contribution in [0, 0.1) is 0 Å². The third kappa shape index (κ3) is 5.73. The third-order valence-corrected chi connectivity index (χ3v) is 7.89. The Morgan fingerprint density at radius 2 is 1.09 bits per heavy atom.